The maximum Gasteiger partial charge on any atom is 0.315 e. The van der Waals surface area contributed by atoms with Crippen LogP contribution in [0, 0.1) is 0 Å². The molecular weight excluding hydrogens is 287 g/mol. The molecule has 0 atom stereocenters. The van der Waals surface area contributed by atoms with Gasteiger partial charge in [-0.1, -0.05) is 5.10 Å². The average molecular weight is 304 g/mol. The second-order valence-electron chi connectivity index (χ2n) is 5.12. The van der Waals surface area contributed by atoms with Crippen molar-refractivity contribution in [1.82, 2.24) is 10.2 Å². The van der Waals surface area contributed by atoms with Crippen LogP contribution in [0.15, 0.2) is 40.6 Å². The van der Waals surface area contributed by atoms with Gasteiger partial charge in [-0.2, -0.15) is 0 Å². The molecule has 0 bridgehead atoms. The Balaban J connectivity index is 1.61. The van der Waals surface area contributed by atoms with E-state index in [2.05, 4.69) is 15.5 Å². The summed E-state index contributed by atoms with van der Waals surface area (Å²) in [7, 11) is 0. The van der Waals surface area contributed by atoms with Crippen LogP contribution < -0.4 is 15.8 Å². The zero-order valence-corrected chi connectivity index (χ0v) is 12.0. The van der Waals surface area contributed by atoms with Crippen molar-refractivity contribution in [3.8, 4) is 17.2 Å². The summed E-state index contributed by atoms with van der Waals surface area (Å²) >= 11 is 0. The Kier molecular flexibility index (Phi) is 4.34. The van der Waals surface area contributed by atoms with E-state index in [0.717, 1.165) is 18.4 Å². The number of nitrogens with zero attached hydrogens (tertiary/aromatic N) is 2. The van der Waals surface area contributed by atoms with Crippen molar-refractivity contribution in [3.05, 3.63) is 36.2 Å². The second kappa shape index (κ2) is 6.57. The van der Waals surface area contributed by atoms with Crippen LogP contribution >= 0.6 is 0 Å². The number of hydrogen-bond donors (Lipinski definition) is 2. The van der Waals surface area contributed by atoms with Crippen LogP contribution in [0.5, 0.6) is 5.75 Å². The molecule has 3 N–H and O–H groups in total. The molecule has 0 unspecified atom stereocenters. The van der Waals surface area contributed by atoms with Gasteiger partial charge in [-0.25, -0.2) is 4.39 Å². The van der Waals surface area contributed by atoms with E-state index in [1.165, 1.54) is 0 Å². The summed E-state index contributed by atoms with van der Waals surface area (Å²) in [6.07, 6.45) is 2.75. The van der Waals surface area contributed by atoms with E-state index in [1.54, 1.807) is 12.1 Å². The van der Waals surface area contributed by atoms with Crippen LogP contribution in [0.3, 0.4) is 0 Å². The van der Waals surface area contributed by atoms with E-state index >= 15 is 0 Å². The lowest BCUT2D eigenvalue weighted by atomic mass is 10.2. The fraction of sp³-hybridized carbons (Fsp3) is 0.333. The molecule has 2 aromatic rings. The van der Waals surface area contributed by atoms with Gasteiger partial charge in [0.2, 0.25) is 5.89 Å². The van der Waals surface area contributed by atoms with Gasteiger partial charge in [0.25, 0.3) is 0 Å². The van der Waals surface area contributed by atoms with Crippen molar-refractivity contribution in [1.29, 1.82) is 0 Å². The van der Waals surface area contributed by atoms with Gasteiger partial charge in [0.1, 0.15) is 12.4 Å². The topological polar surface area (TPSA) is 86.2 Å². The molecule has 0 radical (unpaired) electrons. The number of anilines is 1. The predicted octanol–water partition coefficient (Wildman–Crippen LogP) is 2.50. The normalized spacial score (nSPS) is 14.9. The first-order valence-electron chi connectivity index (χ1n) is 7.10. The molecule has 1 saturated carbocycles. The van der Waals surface area contributed by atoms with Gasteiger partial charge in [-0.3, -0.25) is 0 Å². The van der Waals surface area contributed by atoms with Crippen LogP contribution in [0.1, 0.15) is 12.8 Å². The lowest BCUT2D eigenvalue weighted by Crippen LogP contribution is -2.10. The minimum absolute atomic E-state index is 0.127. The summed E-state index contributed by atoms with van der Waals surface area (Å²) < 4.78 is 23.4. The molecule has 22 heavy (non-hydrogen) atoms. The van der Waals surface area contributed by atoms with Gasteiger partial charge in [-0.05, 0) is 37.1 Å². The Morgan fingerprint density at radius 3 is 2.77 bits per heavy atom. The number of nitrogens with two attached hydrogens (primary N) is 1. The van der Waals surface area contributed by atoms with Crippen molar-refractivity contribution in [3.63, 3.8) is 0 Å². The van der Waals surface area contributed by atoms with Crippen LogP contribution in [0.25, 0.3) is 11.5 Å². The maximum absolute atomic E-state index is 12.4. The molecule has 1 fully saturated rings. The number of benzene rings is 1. The quantitative estimate of drug-likeness (QED) is 0.817. The van der Waals surface area contributed by atoms with E-state index < -0.39 is 0 Å². The SMILES string of the molecule is NC/C(=C/F)COc1ccc(-c2nnc(NC3CC3)o2)cc1. The molecule has 3 rings (SSSR count). The molecule has 6 nitrogen and oxygen atoms in total. The highest BCUT2D eigenvalue weighted by Crippen LogP contribution is 2.27. The molecule has 0 saturated heterocycles. The smallest absolute Gasteiger partial charge is 0.315 e. The van der Waals surface area contributed by atoms with Gasteiger partial charge in [0, 0.05) is 23.7 Å². The monoisotopic (exact) mass is 304 g/mol. The van der Waals surface area contributed by atoms with Crippen molar-refractivity contribution >= 4 is 6.01 Å². The minimum Gasteiger partial charge on any atom is -0.489 e. The fourth-order valence-electron chi connectivity index (χ4n) is 1.81. The Morgan fingerprint density at radius 2 is 2.14 bits per heavy atom. The van der Waals surface area contributed by atoms with Crippen molar-refractivity contribution in [2.24, 2.45) is 5.73 Å². The third-order valence-corrected chi connectivity index (χ3v) is 3.27. The van der Waals surface area contributed by atoms with Crippen LogP contribution in [0.2, 0.25) is 0 Å². The molecule has 1 aromatic heterocycles. The Morgan fingerprint density at radius 1 is 1.36 bits per heavy atom. The van der Waals surface area contributed by atoms with Crippen molar-refractivity contribution in [2.45, 2.75) is 18.9 Å². The zero-order valence-electron chi connectivity index (χ0n) is 12.0. The molecule has 7 heteroatoms. The summed E-state index contributed by atoms with van der Waals surface area (Å²) in [6, 6.07) is 8.05. The van der Waals surface area contributed by atoms with Crippen LogP contribution in [-0.2, 0) is 0 Å². The molecule has 0 amide bonds. The minimum atomic E-state index is 0.127. The number of ether oxygens (including phenoxy) is 1. The summed E-state index contributed by atoms with van der Waals surface area (Å²) in [4.78, 5) is 0. The third kappa shape index (κ3) is 3.62. The highest BCUT2D eigenvalue weighted by atomic mass is 19.1. The van der Waals surface area contributed by atoms with Gasteiger partial charge in [0.15, 0.2) is 0 Å². The molecule has 116 valence electrons. The Bertz CT molecular complexity index is 650. The van der Waals surface area contributed by atoms with Crippen molar-refractivity contribution < 1.29 is 13.5 Å². The molecule has 0 spiro atoms. The zero-order chi connectivity index (χ0) is 15.4. The van der Waals surface area contributed by atoms with E-state index in [9.17, 15) is 4.39 Å². The number of halogens is 1. The molecule has 0 aliphatic heterocycles. The molecule has 1 aliphatic carbocycles. The first-order chi connectivity index (χ1) is 10.8. The lowest BCUT2D eigenvalue weighted by Gasteiger charge is -2.07. The molecule has 1 aliphatic rings. The average Bonchev–Trinajstić information content (AvgIpc) is 3.24. The number of aromatic nitrogens is 2. The number of nitrogens with one attached hydrogen (secondary N) is 1. The number of rotatable bonds is 7. The molecular formula is C15H17FN4O2. The molecule has 1 aromatic carbocycles. The summed E-state index contributed by atoms with van der Waals surface area (Å²) in [5.74, 6) is 1.06. The Hall–Kier alpha value is -2.41. The van der Waals surface area contributed by atoms with E-state index in [4.69, 9.17) is 14.9 Å². The highest BCUT2D eigenvalue weighted by Gasteiger charge is 2.23. The van der Waals surface area contributed by atoms with Gasteiger partial charge in [-0.15, -0.1) is 5.10 Å². The van der Waals surface area contributed by atoms with E-state index in [-0.39, 0.29) is 13.2 Å². The predicted molar refractivity (Wildman–Crippen MR) is 80.1 cm³/mol. The standard InChI is InChI=1S/C15H17FN4O2/c16-7-10(8-17)9-21-13-5-1-11(2-6-13)14-19-20-15(22-14)18-12-3-4-12/h1-2,5-7,12H,3-4,8-9,17H2,(H,18,20)/b10-7-. The molecule has 1 heterocycles. The first kappa shape index (κ1) is 14.5. The third-order valence-electron chi connectivity index (χ3n) is 3.27. The summed E-state index contributed by atoms with van der Waals surface area (Å²) in [5.41, 5.74) is 6.56. The van der Waals surface area contributed by atoms with Crippen molar-refractivity contribution in [2.75, 3.05) is 18.5 Å². The summed E-state index contributed by atoms with van der Waals surface area (Å²) in [6.45, 7) is 0.260. The van der Waals surface area contributed by atoms with Gasteiger partial charge in [0.05, 0.1) is 6.33 Å². The number of hydrogen-bond acceptors (Lipinski definition) is 6. The van der Waals surface area contributed by atoms with Gasteiger partial charge < -0.3 is 20.2 Å². The van der Waals surface area contributed by atoms with E-state index in [1.807, 2.05) is 12.1 Å². The van der Waals surface area contributed by atoms with E-state index in [0.29, 0.717) is 35.6 Å². The maximum atomic E-state index is 12.4. The van der Waals surface area contributed by atoms with Gasteiger partial charge >= 0.3 is 6.01 Å². The van der Waals surface area contributed by atoms with Crippen LogP contribution in [-0.4, -0.2) is 29.4 Å². The Labute approximate surface area is 127 Å². The second-order valence-corrected chi connectivity index (χ2v) is 5.12. The van der Waals surface area contributed by atoms with Crippen LogP contribution in [0.4, 0.5) is 10.4 Å². The largest absolute Gasteiger partial charge is 0.489 e. The first-order valence-corrected chi connectivity index (χ1v) is 7.10. The summed E-state index contributed by atoms with van der Waals surface area (Å²) in [5, 5.41) is 11.1. The lowest BCUT2D eigenvalue weighted by molar-refractivity contribution is 0.347. The fourth-order valence-corrected chi connectivity index (χ4v) is 1.81. The highest BCUT2D eigenvalue weighted by molar-refractivity contribution is 5.55.